The van der Waals surface area contributed by atoms with Gasteiger partial charge in [0, 0.05) is 6.54 Å². The Balaban J connectivity index is 2.97. The molecule has 0 saturated carbocycles. The number of aromatic nitrogens is 2. The van der Waals surface area contributed by atoms with Gasteiger partial charge in [0.1, 0.15) is 0 Å². The minimum atomic E-state index is -3.23. The average Bonchev–Trinajstić information content (AvgIpc) is 2.23. The molecule has 18 heavy (non-hydrogen) atoms. The van der Waals surface area contributed by atoms with Crippen molar-refractivity contribution in [1.29, 1.82) is 0 Å². The highest BCUT2D eigenvalue weighted by Gasteiger charge is 2.28. The van der Waals surface area contributed by atoms with Crippen molar-refractivity contribution in [2.75, 3.05) is 5.75 Å². The molecule has 5 nitrogen and oxygen atoms in total. The Hall–Kier alpha value is -0.440. The lowest BCUT2D eigenvalue weighted by atomic mass is 10.3. The number of nitrogens with zero attached hydrogens (tertiary/aromatic N) is 2. The van der Waals surface area contributed by atoms with Crippen molar-refractivity contribution < 1.29 is 8.42 Å². The highest BCUT2D eigenvalue weighted by atomic mass is 127. The molecular weight excluding hydrogens is 367 g/mol. The Labute approximate surface area is 121 Å². The third kappa shape index (κ3) is 3.31. The van der Waals surface area contributed by atoms with Crippen molar-refractivity contribution in [3.05, 3.63) is 25.9 Å². The summed E-state index contributed by atoms with van der Waals surface area (Å²) in [5, 5.41) is 0. The monoisotopic (exact) mass is 384 g/mol. The molecule has 0 saturated heterocycles. The Kier molecular flexibility index (Phi) is 4.58. The molecule has 0 amide bonds. The second-order valence-electron chi connectivity index (χ2n) is 5.07. The zero-order valence-corrected chi connectivity index (χ0v) is 13.9. The SMILES string of the molecule is Cc1ncn(CCS(=O)(=O)C(C)(C)C)c(=O)c1I. The maximum absolute atomic E-state index is 12.0. The molecule has 0 bridgehead atoms. The minimum absolute atomic E-state index is 0.0583. The molecule has 0 unspecified atom stereocenters. The van der Waals surface area contributed by atoms with E-state index in [4.69, 9.17) is 0 Å². The van der Waals surface area contributed by atoms with Crippen LogP contribution in [0.5, 0.6) is 0 Å². The molecule has 102 valence electrons. The fourth-order valence-electron chi connectivity index (χ4n) is 1.23. The predicted octanol–water partition coefficient (Wildman–Crippen LogP) is 1.37. The lowest BCUT2D eigenvalue weighted by Gasteiger charge is -2.19. The Morgan fingerprint density at radius 1 is 1.39 bits per heavy atom. The molecule has 0 atom stereocenters. The van der Waals surface area contributed by atoms with E-state index >= 15 is 0 Å². The molecule has 0 aliphatic heterocycles. The normalized spacial score (nSPS) is 12.7. The lowest BCUT2D eigenvalue weighted by Crippen LogP contribution is -2.34. The Morgan fingerprint density at radius 3 is 2.44 bits per heavy atom. The zero-order valence-electron chi connectivity index (χ0n) is 10.9. The van der Waals surface area contributed by atoms with E-state index in [0.717, 1.165) is 0 Å². The topological polar surface area (TPSA) is 69.0 Å². The van der Waals surface area contributed by atoms with Gasteiger partial charge in [0.2, 0.25) is 0 Å². The maximum Gasteiger partial charge on any atom is 0.267 e. The molecule has 1 aromatic rings. The molecular formula is C11H17IN2O3S. The van der Waals surface area contributed by atoms with Crippen molar-refractivity contribution in [1.82, 2.24) is 9.55 Å². The van der Waals surface area contributed by atoms with Crippen LogP contribution in [0.4, 0.5) is 0 Å². The van der Waals surface area contributed by atoms with E-state index in [9.17, 15) is 13.2 Å². The molecule has 0 fully saturated rings. The van der Waals surface area contributed by atoms with Gasteiger partial charge < -0.3 is 0 Å². The summed E-state index contributed by atoms with van der Waals surface area (Å²) < 4.78 is 25.0. The third-order valence-electron chi connectivity index (χ3n) is 2.69. The van der Waals surface area contributed by atoms with Crippen LogP contribution in [0.3, 0.4) is 0 Å². The van der Waals surface area contributed by atoms with E-state index in [0.29, 0.717) is 9.26 Å². The van der Waals surface area contributed by atoms with Gasteiger partial charge in [-0.25, -0.2) is 13.4 Å². The number of hydrogen-bond donors (Lipinski definition) is 0. The van der Waals surface area contributed by atoms with Crippen molar-refractivity contribution in [2.45, 2.75) is 39.0 Å². The third-order valence-corrected chi connectivity index (χ3v) is 6.52. The first-order valence-electron chi connectivity index (χ1n) is 5.50. The summed E-state index contributed by atoms with van der Waals surface area (Å²) in [7, 11) is -3.23. The second-order valence-corrected chi connectivity index (χ2v) is 9.01. The molecule has 0 N–H and O–H groups in total. The van der Waals surface area contributed by atoms with Crippen molar-refractivity contribution >= 4 is 32.4 Å². The number of rotatable bonds is 3. The predicted molar refractivity (Wildman–Crippen MR) is 79.5 cm³/mol. The fourth-order valence-corrected chi connectivity index (χ4v) is 2.73. The molecule has 1 aromatic heterocycles. The van der Waals surface area contributed by atoms with Crippen LogP contribution in [-0.4, -0.2) is 28.5 Å². The number of aryl methyl sites for hydroxylation is 2. The van der Waals surface area contributed by atoms with Crippen LogP contribution >= 0.6 is 22.6 Å². The number of halogens is 1. The molecule has 0 spiro atoms. The standard InChI is InChI=1S/C11H17IN2O3S/c1-8-9(12)10(15)14(7-13-8)5-6-18(16,17)11(2,3)4/h7H,5-6H2,1-4H3. The van der Waals surface area contributed by atoms with E-state index in [-0.39, 0.29) is 17.9 Å². The van der Waals surface area contributed by atoms with E-state index in [1.807, 2.05) is 22.6 Å². The van der Waals surface area contributed by atoms with Crippen LogP contribution in [0.15, 0.2) is 11.1 Å². The molecule has 1 rings (SSSR count). The highest BCUT2D eigenvalue weighted by molar-refractivity contribution is 14.1. The lowest BCUT2D eigenvalue weighted by molar-refractivity contribution is 0.551. The summed E-state index contributed by atoms with van der Waals surface area (Å²) >= 11 is 1.93. The van der Waals surface area contributed by atoms with Gasteiger partial charge in [0.15, 0.2) is 9.84 Å². The van der Waals surface area contributed by atoms with Crippen LogP contribution in [-0.2, 0) is 16.4 Å². The fraction of sp³-hybridized carbons (Fsp3) is 0.636. The van der Waals surface area contributed by atoms with E-state index < -0.39 is 14.6 Å². The Bertz CT molecular complexity index is 600. The van der Waals surface area contributed by atoms with Crippen LogP contribution in [0.25, 0.3) is 0 Å². The molecule has 7 heteroatoms. The van der Waals surface area contributed by atoms with Gasteiger partial charge in [-0.05, 0) is 50.3 Å². The molecule has 0 aromatic carbocycles. The molecule has 0 aliphatic rings. The Morgan fingerprint density at radius 2 is 1.94 bits per heavy atom. The quantitative estimate of drug-likeness (QED) is 0.739. The van der Waals surface area contributed by atoms with Gasteiger partial charge in [-0.15, -0.1) is 0 Å². The largest absolute Gasteiger partial charge is 0.297 e. The minimum Gasteiger partial charge on any atom is -0.297 e. The molecule has 0 radical (unpaired) electrons. The van der Waals surface area contributed by atoms with Crippen molar-refractivity contribution in [3.8, 4) is 0 Å². The first-order valence-corrected chi connectivity index (χ1v) is 8.23. The summed E-state index contributed by atoms with van der Waals surface area (Å²) in [6.45, 7) is 6.86. The maximum atomic E-state index is 12.0. The average molecular weight is 384 g/mol. The number of sulfone groups is 1. The van der Waals surface area contributed by atoms with E-state index in [1.165, 1.54) is 10.9 Å². The summed E-state index contributed by atoms with van der Waals surface area (Å²) in [5.41, 5.74) is 0.475. The van der Waals surface area contributed by atoms with E-state index in [1.54, 1.807) is 27.7 Å². The summed E-state index contributed by atoms with van der Waals surface area (Å²) in [4.78, 5) is 15.9. The first-order chi connectivity index (χ1) is 8.06. The smallest absolute Gasteiger partial charge is 0.267 e. The van der Waals surface area contributed by atoms with Gasteiger partial charge in [0.05, 0.1) is 26.1 Å². The highest BCUT2D eigenvalue weighted by Crippen LogP contribution is 2.16. The van der Waals surface area contributed by atoms with Crippen molar-refractivity contribution in [2.24, 2.45) is 0 Å². The van der Waals surface area contributed by atoms with Gasteiger partial charge in [0.25, 0.3) is 5.56 Å². The van der Waals surface area contributed by atoms with Crippen LogP contribution in [0, 0.1) is 10.5 Å². The van der Waals surface area contributed by atoms with Crippen LogP contribution in [0.2, 0.25) is 0 Å². The summed E-state index contributed by atoms with van der Waals surface area (Å²) in [6.07, 6.45) is 1.40. The van der Waals surface area contributed by atoms with Crippen molar-refractivity contribution in [3.63, 3.8) is 0 Å². The van der Waals surface area contributed by atoms with E-state index in [2.05, 4.69) is 4.98 Å². The summed E-state index contributed by atoms with van der Waals surface area (Å²) in [6, 6.07) is 0. The molecule has 1 heterocycles. The van der Waals surface area contributed by atoms with Gasteiger partial charge in [-0.2, -0.15) is 0 Å². The van der Waals surface area contributed by atoms with Gasteiger partial charge in [-0.3, -0.25) is 9.36 Å². The summed E-state index contributed by atoms with van der Waals surface area (Å²) in [5.74, 6) is -0.0583. The first kappa shape index (κ1) is 15.6. The second kappa shape index (κ2) is 5.28. The van der Waals surface area contributed by atoms with Crippen LogP contribution in [0.1, 0.15) is 26.5 Å². The van der Waals surface area contributed by atoms with Gasteiger partial charge in [-0.1, -0.05) is 0 Å². The number of hydrogen-bond acceptors (Lipinski definition) is 4. The van der Waals surface area contributed by atoms with Crippen LogP contribution < -0.4 is 5.56 Å². The van der Waals surface area contributed by atoms with Gasteiger partial charge >= 0.3 is 0 Å². The zero-order chi connectivity index (χ0) is 14.1. The molecule has 0 aliphatic carbocycles.